The van der Waals surface area contributed by atoms with E-state index < -0.39 is 26.8 Å². The van der Waals surface area contributed by atoms with Crippen LogP contribution in [-0.2, 0) is 0 Å². The summed E-state index contributed by atoms with van der Waals surface area (Å²) in [5.41, 5.74) is 0.725. The van der Waals surface area contributed by atoms with Gasteiger partial charge in [-0.3, -0.25) is 0 Å². The summed E-state index contributed by atoms with van der Waals surface area (Å²) in [6, 6.07) is 14.0. The van der Waals surface area contributed by atoms with Crippen molar-refractivity contribution in [2.45, 2.75) is 37.3 Å². The molecule has 3 aromatic rings. The summed E-state index contributed by atoms with van der Waals surface area (Å²) in [4.78, 5) is 13.9. The topological polar surface area (TPSA) is 107 Å². The van der Waals surface area contributed by atoms with Gasteiger partial charge in [0.05, 0.1) is 0 Å². The number of hydrogen-bond donors (Lipinski definition) is 4. The Morgan fingerprint density at radius 1 is 1.12 bits per heavy atom. The number of amidine groups is 1. The van der Waals surface area contributed by atoms with Crippen LogP contribution in [0.2, 0.25) is 5.21 Å². The molecule has 4 rings (SSSR count). The van der Waals surface area contributed by atoms with Crippen molar-refractivity contribution in [2.75, 3.05) is 5.32 Å². The van der Waals surface area contributed by atoms with Gasteiger partial charge in [0.15, 0.2) is 0 Å². The molecule has 1 aliphatic rings. The molecule has 2 aromatic carbocycles. The van der Waals surface area contributed by atoms with Crippen molar-refractivity contribution in [2.24, 2.45) is 16.2 Å². The monoisotopic (exact) mass is 516 g/mol. The molecule has 7 nitrogen and oxygen atoms in total. The molecular weight excluding hydrogens is 489 g/mol. The summed E-state index contributed by atoms with van der Waals surface area (Å²) < 4.78 is 27.1. The molecule has 2 heterocycles. The zero-order valence-electron chi connectivity index (χ0n) is 18.2. The van der Waals surface area contributed by atoms with Crippen LogP contribution >= 0.6 is 10.8 Å². The normalized spacial score (nSPS) is 17.2. The van der Waals surface area contributed by atoms with Crippen LogP contribution in [0, 0.1) is 11.8 Å². The molecule has 0 saturated carbocycles. The van der Waals surface area contributed by atoms with Gasteiger partial charge in [-0.05, 0) is 0 Å². The van der Waals surface area contributed by atoms with Gasteiger partial charge in [-0.15, -0.1) is 0 Å². The maximum atomic E-state index is 13.6. The Morgan fingerprint density at radius 3 is 2.53 bits per heavy atom. The molecular formula is C23H27AsN3O4S. The Labute approximate surface area is 195 Å². The number of para-hydroxylation sites is 2. The van der Waals surface area contributed by atoms with E-state index in [0.717, 1.165) is 11.6 Å². The van der Waals surface area contributed by atoms with Crippen LogP contribution in [0.4, 0.5) is 5.69 Å². The van der Waals surface area contributed by atoms with Crippen molar-refractivity contribution in [1.29, 1.82) is 0 Å². The molecule has 9 heteroatoms. The Balaban J connectivity index is 1.88. The summed E-state index contributed by atoms with van der Waals surface area (Å²) in [5, 5.41) is 15.5. The third-order valence-electron chi connectivity index (χ3n) is 5.85. The van der Waals surface area contributed by atoms with Crippen LogP contribution in [0.5, 0.6) is 5.75 Å². The van der Waals surface area contributed by atoms with Gasteiger partial charge >= 0.3 is 196 Å². The second-order valence-electron chi connectivity index (χ2n) is 8.17. The zero-order valence-corrected chi connectivity index (χ0v) is 20.9. The van der Waals surface area contributed by atoms with Crippen LogP contribution < -0.4 is 10.9 Å². The van der Waals surface area contributed by atoms with E-state index in [1.807, 2.05) is 12.1 Å². The van der Waals surface area contributed by atoms with Gasteiger partial charge in [-0.2, -0.15) is 0 Å². The molecule has 32 heavy (non-hydrogen) atoms. The molecule has 1 radical (unpaired) electrons. The van der Waals surface area contributed by atoms with Crippen molar-refractivity contribution in [3.8, 4) is 5.75 Å². The van der Waals surface area contributed by atoms with Crippen LogP contribution in [0.1, 0.15) is 32.8 Å². The van der Waals surface area contributed by atoms with E-state index in [1.165, 1.54) is 0 Å². The molecule has 1 atom stereocenters. The van der Waals surface area contributed by atoms with Crippen molar-refractivity contribution < 1.29 is 14.2 Å². The predicted octanol–water partition coefficient (Wildman–Crippen LogP) is 5.17. The van der Waals surface area contributed by atoms with Crippen molar-refractivity contribution in [3.05, 3.63) is 64.4 Å². The van der Waals surface area contributed by atoms with Gasteiger partial charge in [0.2, 0.25) is 0 Å². The first-order valence-corrected chi connectivity index (χ1v) is 14.2. The van der Waals surface area contributed by atoms with E-state index in [9.17, 15) is 19.0 Å². The molecule has 169 valence electrons. The molecule has 0 unspecified atom stereocenters. The molecule has 0 fully saturated rings. The fourth-order valence-electron chi connectivity index (χ4n) is 3.91. The van der Waals surface area contributed by atoms with E-state index in [0.29, 0.717) is 28.4 Å². The van der Waals surface area contributed by atoms with Crippen LogP contribution in [0.3, 0.4) is 0 Å². The molecule has 4 N–H and O–H groups in total. The fourth-order valence-corrected chi connectivity index (χ4v) is 8.44. The van der Waals surface area contributed by atoms with Gasteiger partial charge in [0, 0.05) is 0 Å². The van der Waals surface area contributed by atoms with Crippen LogP contribution in [-0.4, -0.2) is 39.5 Å². The number of nitrogens with one attached hydrogen (secondary N) is 1. The first-order chi connectivity index (χ1) is 15.2. The first-order valence-electron chi connectivity index (χ1n) is 10.5. The van der Waals surface area contributed by atoms with Crippen LogP contribution in [0.15, 0.2) is 62.6 Å². The number of fused-ring (bicyclic) bond motifs is 2. The quantitative estimate of drug-likeness (QED) is 0.338. The second-order valence-corrected chi connectivity index (χ2v) is 12.0. The number of rotatable bonds is 6. The summed E-state index contributed by atoms with van der Waals surface area (Å²) in [5.74, 6) is 0.784. The number of anilines is 1. The van der Waals surface area contributed by atoms with E-state index in [2.05, 4.69) is 30.5 Å². The Morgan fingerprint density at radius 2 is 1.81 bits per heavy atom. The number of aromatic nitrogens is 1. The Kier molecular flexibility index (Phi) is 6.41. The van der Waals surface area contributed by atoms with Gasteiger partial charge in [-0.1, -0.05) is 0 Å². The summed E-state index contributed by atoms with van der Waals surface area (Å²) in [6.45, 7) is 6.56. The molecule has 0 amide bonds. The third kappa shape index (κ3) is 4.08. The molecule has 0 aliphatic carbocycles. The SMILES string of the molecule is CC[C@@H](C[As]n1c(=O)c(C2=NS(O)(O)c3ccccc3N2)c(O)c2ccccc21)C(C)C. The van der Waals surface area contributed by atoms with Gasteiger partial charge in [0.25, 0.3) is 0 Å². The molecule has 0 saturated heterocycles. The molecule has 0 spiro atoms. The maximum absolute atomic E-state index is 13.6. The van der Waals surface area contributed by atoms with E-state index in [-0.39, 0.29) is 27.6 Å². The Bertz CT molecular complexity index is 1260. The molecule has 0 bridgehead atoms. The van der Waals surface area contributed by atoms with Crippen LogP contribution in [0.25, 0.3) is 10.9 Å². The number of pyridine rings is 1. The third-order valence-corrected chi connectivity index (χ3v) is 9.98. The van der Waals surface area contributed by atoms with E-state index in [1.54, 1.807) is 39.9 Å². The van der Waals surface area contributed by atoms with E-state index >= 15 is 0 Å². The summed E-state index contributed by atoms with van der Waals surface area (Å²) in [6.07, 6.45) is 1.04. The first kappa shape index (κ1) is 22.9. The average molecular weight is 516 g/mol. The van der Waals surface area contributed by atoms with Gasteiger partial charge in [-0.25, -0.2) is 0 Å². The van der Waals surface area contributed by atoms with Gasteiger partial charge < -0.3 is 0 Å². The summed E-state index contributed by atoms with van der Waals surface area (Å²) >= 11 is -0.537. The van der Waals surface area contributed by atoms with Crippen molar-refractivity contribution in [1.82, 2.24) is 3.48 Å². The fraction of sp³-hybridized carbons (Fsp3) is 0.304. The van der Waals surface area contributed by atoms with Crippen molar-refractivity contribution >= 4 is 49.2 Å². The van der Waals surface area contributed by atoms with Crippen molar-refractivity contribution in [3.63, 3.8) is 0 Å². The zero-order chi connectivity index (χ0) is 23.0. The molecule has 1 aromatic heterocycles. The minimum atomic E-state index is -3.51. The number of benzene rings is 2. The van der Waals surface area contributed by atoms with Gasteiger partial charge in [0.1, 0.15) is 0 Å². The number of hydrogen-bond acceptors (Lipinski definition) is 6. The predicted molar refractivity (Wildman–Crippen MR) is 132 cm³/mol. The molecule has 1 aliphatic heterocycles. The summed E-state index contributed by atoms with van der Waals surface area (Å²) in [7, 11) is -3.51. The van der Waals surface area contributed by atoms with E-state index in [4.69, 9.17) is 0 Å². The number of nitrogens with zero attached hydrogens (tertiary/aromatic N) is 2. The second kappa shape index (κ2) is 8.94. The average Bonchev–Trinajstić information content (AvgIpc) is 2.75. The Hall–Kier alpha value is -2.25. The number of aromatic hydroxyl groups is 1. The standard InChI is InChI=1S/C23H27AsN3O4S/c1-4-15(14(2)3)13-24-27-18-11-7-5-9-16(18)21(28)20(23(27)29)22-25-17-10-6-8-12-19(17)32(30,31)26-22/h5-12,14-15,28,30-31H,4,13H2,1-3H3,(H,25,26)/t15-/m0/s1. The minimum absolute atomic E-state index is 0.0252.